The van der Waals surface area contributed by atoms with Gasteiger partial charge in [0.15, 0.2) is 0 Å². The Morgan fingerprint density at radius 2 is 1.90 bits per heavy atom. The summed E-state index contributed by atoms with van der Waals surface area (Å²) >= 11 is 0. The number of nitrogens with two attached hydrogens (primary N) is 2. The maximum absolute atomic E-state index is 13.9. The Balaban J connectivity index is 1.61. The maximum atomic E-state index is 13.9. The fourth-order valence-electron chi connectivity index (χ4n) is 6.44. The quantitative estimate of drug-likeness (QED) is 0.301. The van der Waals surface area contributed by atoms with Crippen molar-refractivity contribution in [3.05, 3.63) is 11.9 Å². The van der Waals surface area contributed by atoms with Crippen molar-refractivity contribution in [1.82, 2.24) is 25.2 Å². The minimum Gasteiger partial charge on any atom is -0.384 e. The molecule has 3 fully saturated rings. The van der Waals surface area contributed by atoms with Crippen molar-refractivity contribution in [1.29, 1.82) is 0 Å². The fourth-order valence-corrected chi connectivity index (χ4v) is 6.44. The summed E-state index contributed by atoms with van der Waals surface area (Å²) in [6.45, 7) is 3.91. The van der Waals surface area contributed by atoms with E-state index < -0.39 is 46.9 Å². The lowest BCUT2D eigenvalue weighted by Crippen LogP contribution is -2.62. The molecule has 4 rings (SSSR count). The summed E-state index contributed by atoms with van der Waals surface area (Å²) in [5, 5.41) is 21.6. The van der Waals surface area contributed by atoms with E-state index in [1.807, 2.05) is 0 Å². The molecule has 6 N–H and O–H groups in total. The fraction of sp³-hybridized carbons (Fsp3) is 0.778. The van der Waals surface area contributed by atoms with E-state index in [-0.39, 0.29) is 38.3 Å². The van der Waals surface area contributed by atoms with Crippen LogP contribution in [-0.2, 0) is 29.5 Å². The van der Waals surface area contributed by atoms with E-state index in [4.69, 9.17) is 16.2 Å². The molecule has 1 aliphatic carbocycles. The topological polar surface area (TPSA) is 196 Å². The van der Waals surface area contributed by atoms with Crippen LogP contribution in [0, 0.1) is 5.92 Å². The Morgan fingerprint density at radius 3 is 2.58 bits per heavy atom. The number of carbonyl (C=O) groups excluding carboxylic acids is 4. The number of carbonyl (C=O) groups is 4. The molecule has 1 saturated carbocycles. The SMILES string of the molecule is CC(C)(O)c1cnnn1[C@H]1C[C@@H](C(=O)NC2(C(=O)C(N)=O)CCCOCC2)N(C(=O)C(N)CC2CCCCC2)C1. The van der Waals surface area contributed by atoms with Crippen LogP contribution in [0.25, 0.3) is 0 Å². The summed E-state index contributed by atoms with van der Waals surface area (Å²) in [5.41, 5.74) is 9.49. The molecule has 0 radical (unpaired) electrons. The Morgan fingerprint density at radius 1 is 1.18 bits per heavy atom. The molecule has 1 aromatic heterocycles. The van der Waals surface area contributed by atoms with Gasteiger partial charge in [0.2, 0.25) is 17.6 Å². The first kappa shape index (κ1) is 30.1. The first-order chi connectivity index (χ1) is 18.9. The van der Waals surface area contributed by atoms with Gasteiger partial charge in [-0.1, -0.05) is 37.3 Å². The normalized spacial score (nSPS) is 27.1. The van der Waals surface area contributed by atoms with Gasteiger partial charge in [0.1, 0.15) is 17.2 Å². The van der Waals surface area contributed by atoms with E-state index >= 15 is 0 Å². The molecule has 222 valence electrons. The van der Waals surface area contributed by atoms with Gasteiger partial charge in [-0.25, -0.2) is 4.68 Å². The van der Waals surface area contributed by atoms with Crippen LogP contribution in [0.15, 0.2) is 6.20 Å². The third kappa shape index (κ3) is 6.52. The van der Waals surface area contributed by atoms with Crippen LogP contribution in [-0.4, -0.2) is 85.9 Å². The van der Waals surface area contributed by atoms with Crippen molar-refractivity contribution >= 4 is 23.5 Å². The number of rotatable bonds is 9. The molecule has 2 aliphatic heterocycles. The lowest BCUT2D eigenvalue weighted by Gasteiger charge is -2.34. The number of nitrogens with zero attached hydrogens (tertiary/aromatic N) is 4. The molecular formula is C27H43N7O6. The van der Waals surface area contributed by atoms with Gasteiger partial charge in [-0.2, -0.15) is 0 Å². The highest BCUT2D eigenvalue weighted by Gasteiger charge is 2.48. The largest absolute Gasteiger partial charge is 0.384 e. The number of aliphatic hydroxyl groups is 1. The predicted molar refractivity (Wildman–Crippen MR) is 143 cm³/mol. The second kappa shape index (κ2) is 12.3. The van der Waals surface area contributed by atoms with Gasteiger partial charge in [0.25, 0.3) is 5.91 Å². The van der Waals surface area contributed by atoms with Gasteiger partial charge in [-0.05, 0) is 39.0 Å². The van der Waals surface area contributed by atoms with E-state index in [2.05, 4.69) is 15.6 Å². The van der Waals surface area contributed by atoms with E-state index in [1.54, 1.807) is 18.5 Å². The summed E-state index contributed by atoms with van der Waals surface area (Å²) in [5.74, 6) is -2.57. The lowest BCUT2D eigenvalue weighted by atomic mass is 9.84. The van der Waals surface area contributed by atoms with Crippen molar-refractivity contribution < 1.29 is 29.0 Å². The molecule has 3 aliphatic rings. The molecule has 4 atom stereocenters. The first-order valence-electron chi connectivity index (χ1n) is 14.4. The van der Waals surface area contributed by atoms with Gasteiger partial charge in [0.05, 0.1) is 24.0 Å². The molecule has 0 spiro atoms. The van der Waals surface area contributed by atoms with E-state index in [9.17, 15) is 24.3 Å². The number of amides is 3. The summed E-state index contributed by atoms with van der Waals surface area (Å²) in [6, 6.07) is -2.23. The zero-order valence-electron chi connectivity index (χ0n) is 23.5. The van der Waals surface area contributed by atoms with Gasteiger partial charge >= 0.3 is 0 Å². The van der Waals surface area contributed by atoms with Crippen LogP contribution >= 0.6 is 0 Å². The molecular weight excluding hydrogens is 518 g/mol. The minimum absolute atomic E-state index is 0.0950. The van der Waals surface area contributed by atoms with Crippen LogP contribution in [0.2, 0.25) is 0 Å². The number of likely N-dealkylation sites (tertiary alicyclic amines) is 1. The van der Waals surface area contributed by atoms with Gasteiger partial charge in [0, 0.05) is 32.6 Å². The summed E-state index contributed by atoms with van der Waals surface area (Å²) in [6.07, 6.45) is 8.38. The average Bonchev–Trinajstić information content (AvgIpc) is 3.52. The molecule has 3 heterocycles. The van der Waals surface area contributed by atoms with Gasteiger partial charge in [-0.3, -0.25) is 19.2 Å². The average molecular weight is 562 g/mol. The van der Waals surface area contributed by atoms with Crippen LogP contribution in [0.5, 0.6) is 0 Å². The molecule has 0 bridgehead atoms. The highest BCUT2D eigenvalue weighted by atomic mass is 16.5. The summed E-state index contributed by atoms with van der Waals surface area (Å²) < 4.78 is 7.03. The van der Waals surface area contributed by atoms with Crippen LogP contribution in [0.3, 0.4) is 0 Å². The number of primary amides is 1. The minimum atomic E-state index is -1.51. The number of ketones is 1. The number of Topliss-reactive ketones (excluding diaryl/α,β-unsaturated/α-hetero) is 1. The third-order valence-corrected chi connectivity index (χ3v) is 8.63. The maximum Gasteiger partial charge on any atom is 0.287 e. The molecule has 13 nitrogen and oxygen atoms in total. The molecule has 2 unspecified atom stereocenters. The molecule has 13 heteroatoms. The number of hydrogen-bond donors (Lipinski definition) is 4. The first-order valence-corrected chi connectivity index (χ1v) is 14.4. The summed E-state index contributed by atoms with van der Waals surface area (Å²) in [4.78, 5) is 54.1. The number of nitrogens with one attached hydrogen (secondary N) is 1. The highest BCUT2D eigenvalue weighted by molar-refractivity contribution is 6.39. The molecule has 1 aromatic rings. The van der Waals surface area contributed by atoms with E-state index in [1.165, 1.54) is 17.5 Å². The van der Waals surface area contributed by atoms with Crippen LogP contribution in [0.1, 0.15) is 89.8 Å². The van der Waals surface area contributed by atoms with Crippen molar-refractivity contribution in [2.24, 2.45) is 17.4 Å². The van der Waals surface area contributed by atoms with Crippen molar-refractivity contribution in [2.75, 3.05) is 19.8 Å². The number of hydrogen-bond acceptors (Lipinski definition) is 9. The van der Waals surface area contributed by atoms with Gasteiger partial charge in [-0.15, -0.1) is 5.10 Å². The number of ether oxygens (including phenoxy) is 1. The molecule has 3 amide bonds. The van der Waals surface area contributed by atoms with E-state index in [0.717, 1.165) is 25.7 Å². The Labute approximate surface area is 234 Å². The molecule has 2 saturated heterocycles. The number of aromatic nitrogens is 3. The van der Waals surface area contributed by atoms with Crippen molar-refractivity contribution in [2.45, 2.75) is 107 Å². The Hall–Kier alpha value is -2.90. The summed E-state index contributed by atoms with van der Waals surface area (Å²) in [7, 11) is 0. The van der Waals surface area contributed by atoms with Crippen LogP contribution < -0.4 is 16.8 Å². The van der Waals surface area contributed by atoms with E-state index in [0.29, 0.717) is 31.1 Å². The second-order valence-electron chi connectivity index (χ2n) is 12.1. The molecule has 40 heavy (non-hydrogen) atoms. The molecule has 0 aromatic carbocycles. The monoisotopic (exact) mass is 561 g/mol. The van der Waals surface area contributed by atoms with Crippen LogP contribution in [0.4, 0.5) is 0 Å². The zero-order chi connectivity index (χ0) is 29.1. The predicted octanol–water partition coefficient (Wildman–Crippen LogP) is 0.0551. The van der Waals surface area contributed by atoms with Gasteiger partial charge < -0.3 is 31.5 Å². The Bertz CT molecular complexity index is 1090. The van der Waals surface area contributed by atoms with Crippen molar-refractivity contribution in [3.8, 4) is 0 Å². The standard InChI is InChI=1S/C27H43N7O6/c1-26(2,39)21-15-30-32-34(21)18-14-20(33(16-18)25(38)19(28)13-17-7-4-3-5-8-17)24(37)31-27(22(35)23(29)36)9-6-11-40-12-10-27/h15,17-20,39H,3-14,16,28H2,1-2H3,(H2,29,36)(H,31,37)/t18-,19?,20-,27?/m0/s1. The second-order valence-corrected chi connectivity index (χ2v) is 12.1. The van der Waals surface area contributed by atoms with Crippen molar-refractivity contribution in [3.63, 3.8) is 0 Å². The third-order valence-electron chi connectivity index (χ3n) is 8.63. The lowest BCUT2D eigenvalue weighted by molar-refractivity contribution is -0.145. The smallest absolute Gasteiger partial charge is 0.287 e. The highest BCUT2D eigenvalue weighted by Crippen LogP contribution is 2.34. The Kier molecular flexibility index (Phi) is 9.26. The zero-order valence-corrected chi connectivity index (χ0v) is 23.5.